The number of nitrogens with zero attached hydrogens (tertiary/aromatic N) is 1. The summed E-state index contributed by atoms with van der Waals surface area (Å²) in [4.78, 5) is 48.0. The average molecular weight is 374 g/mol. The van der Waals surface area contributed by atoms with Crippen molar-refractivity contribution >= 4 is 50.5 Å². The van der Waals surface area contributed by atoms with Gasteiger partial charge in [-0.05, 0) is 18.2 Å². The molecule has 3 rings (SSSR count). The van der Waals surface area contributed by atoms with Crippen LogP contribution in [0, 0.1) is 10.1 Å². The molecular formula is C15H10N4O6S. The van der Waals surface area contributed by atoms with Gasteiger partial charge in [0.05, 0.1) is 10.6 Å². The number of amides is 1. The maximum Gasteiger partial charge on any atom is 0.341 e. The number of hydrogen-bond donors (Lipinski definition) is 4. The largest absolute Gasteiger partial charge is 0.477 e. The van der Waals surface area contributed by atoms with E-state index < -0.39 is 27.9 Å². The van der Waals surface area contributed by atoms with Gasteiger partial charge in [0.2, 0.25) is 0 Å². The van der Waals surface area contributed by atoms with Crippen LogP contribution < -0.4 is 16.6 Å². The second-order valence-electron chi connectivity index (χ2n) is 5.16. The summed E-state index contributed by atoms with van der Waals surface area (Å²) in [5, 5.41) is 22.4. The summed E-state index contributed by atoms with van der Waals surface area (Å²) >= 11 is 0.900. The zero-order valence-corrected chi connectivity index (χ0v) is 13.6. The van der Waals surface area contributed by atoms with Gasteiger partial charge >= 0.3 is 5.97 Å². The van der Waals surface area contributed by atoms with E-state index >= 15 is 0 Å². The van der Waals surface area contributed by atoms with Crippen molar-refractivity contribution < 1.29 is 19.6 Å². The molecule has 1 aromatic carbocycles. The highest BCUT2D eigenvalue weighted by atomic mass is 32.1. The minimum Gasteiger partial charge on any atom is -0.477 e. The van der Waals surface area contributed by atoms with E-state index in [9.17, 15) is 24.5 Å². The van der Waals surface area contributed by atoms with Gasteiger partial charge in [-0.2, -0.15) is 0 Å². The fourth-order valence-electron chi connectivity index (χ4n) is 2.25. The molecular weight excluding hydrogens is 364 g/mol. The molecule has 0 radical (unpaired) electrons. The maximum absolute atomic E-state index is 12.4. The van der Waals surface area contributed by atoms with E-state index in [4.69, 9.17) is 10.8 Å². The number of benzene rings is 1. The molecule has 10 nitrogen and oxygen atoms in total. The van der Waals surface area contributed by atoms with Crippen molar-refractivity contribution in [3.63, 3.8) is 0 Å². The van der Waals surface area contributed by atoms with E-state index in [-0.39, 0.29) is 26.5 Å². The molecule has 1 amide bonds. The van der Waals surface area contributed by atoms with E-state index in [2.05, 4.69) is 10.3 Å². The number of non-ortho nitro benzene ring substituents is 1. The summed E-state index contributed by atoms with van der Waals surface area (Å²) in [5.41, 5.74) is 4.87. The van der Waals surface area contributed by atoms with E-state index in [0.717, 1.165) is 17.4 Å². The smallest absolute Gasteiger partial charge is 0.341 e. The first-order valence-electron chi connectivity index (χ1n) is 7.02. The molecule has 0 aliphatic rings. The highest BCUT2D eigenvalue weighted by molar-refractivity contribution is 7.21. The van der Waals surface area contributed by atoms with E-state index in [1.807, 2.05) is 0 Å². The topological polar surface area (TPSA) is 168 Å². The minimum atomic E-state index is -1.41. The van der Waals surface area contributed by atoms with Crippen LogP contribution >= 0.6 is 11.3 Å². The van der Waals surface area contributed by atoms with Crippen LogP contribution in [0.2, 0.25) is 0 Å². The maximum atomic E-state index is 12.4. The van der Waals surface area contributed by atoms with Crippen molar-refractivity contribution in [2.24, 2.45) is 0 Å². The molecule has 0 bridgehead atoms. The second kappa shape index (κ2) is 6.29. The number of carbonyl (C=O) groups excluding carboxylic acids is 1. The number of carboxylic acids is 1. The lowest BCUT2D eigenvalue weighted by atomic mass is 10.2. The van der Waals surface area contributed by atoms with Crippen LogP contribution in [0.1, 0.15) is 20.0 Å². The minimum absolute atomic E-state index is 0.0307. The molecule has 132 valence electrons. The van der Waals surface area contributed by atoms with Gasteiger partial charge in [0.25, 0.3) is 17.2 Å². The SMILES string of the molecule is Nc1c(C(=O)Nc2ccc([N+](=O)[O-])cc2)sc2[nH]c(=O)c(C(=O)O)cc12. The van der Waals surface area contributed by atoms with Crippen molar-refractivity contribution in [2.75, 3.05) is 11.1 Å². The quantitative estimate of drug-likeness (QED) is 0.400. The number of nitro groups is 1. The number of thiophene rings is 1. The lowest BCUT2D eigenvalue weighted by Gasteiger charge is -2.04. The Hall–Kier alpha value is -3.73. The fraction of sp³-hybridized carbons (Fsp3) is 0. The number of pyridine rings is 1. The Bertz CT molecular complexity index is 1120. The Morgan fingerprint density at radius 3 is 2.50 bits per heavy atom. The Balaban J connectivity index is 1.95. The molecule has 0 unspecified atom stereocenters. The molecule has 0 fully saturated rings. The van der Waals surface area contributed by atoms with Crippen LogP contribution in [0.3, 0.4) is 0 Å². The monoisotopic (exact) mass is 374 g/mol. The number of nitrogens with one attached hydrogen (secondary N) is 2. The summed E-state index contributed by atoms with van der Waals surface area (Å²) in [7, 11) is 0. The summed E-state index contributed by atoms with van der Waals surface area (Å²) in [6.45, 7) is 0. The highest BCUT2D eigenvalue weighted by Crippen LogP contribution is 2.32. The number of nitro benzene ring substituents is 1. The first-order valence-corrected chi connectivity index (χ1v) is 7.84. The molecule has 3 aromatic rings. The van der Waals surface area contributed by atoms with Gasteiger partial charge in [0, 0.05) is 23.2 Å². The van der Waals surface area contributed by atoms with Crippen LogP contribution in [0.15, 0.2) is 35.1 Å². The number of nitrogens with two attached hydrogens (primary N) is 1. The second-order valence-corrected chi connectivity index (χ2v) is 6.18. The number of nitrogen functional groups attached to an aromatic ring is 1. The number of aromatic amines is 1. The lowest BCUT2D eigenvalue weighted by Crippen LogP contribution is -2.16. The third-order valence-electron chi connectivity index (χ3n) is 3.52. The first-order chi connectivity index (χ1) is 12.3. The molecule has 2 heterocycles. The van der Waals surface area contributed by atoms with Gasteiger partial charge in [0.1, 0.15) is 15.3 Å². The van der Waals surface area contributed by atoms with Gasteiger partial charge < -0.3 is 21.1 Å². The number of carboxylic acid groups (broad SMARTS) is 1. The number of anilines is 2. The molecule has 0 aliphatic carbocycles. The summed E-state index contributed by atoms with van der Waals surface area (Å²) in [6, 6.07) is 6.32. The van der Waals surface area contributed by atoms with E-state index in [1.54, 1.807) is 0 Å². The molecule has 0 saturated carbocycles. The van der Waals surface area contributed by atoms with Crippen molar-refractivity contribution in [1.82, 2.24) is 4.98 Å². The number of hydrogen-bond acceptors (Lipinski definition) is 7. The summed E-state index contributed by atoms with van der Waals surface area (Å²) in [6.07, 6.45) is 0. The third kappa shape index (κ3) is 2.98. The molecule has 0 spiro atoms. The van der Waals surface area contributed by atoms with Crippen LogP contribution in [0.25, 0.3) is 10.2 Å². The van der Waals surface area contributed by atoms with E-state index in [0.29, 0.717) is 5.69 Å². The van der Waals surface area contributed by atoms with Gasteiger partial charge in [-0.25, -0.2) is 4.79 Å². The number of H-pyrrole nitrogens is 1. The molecule has 2 aromatic heterocycles. The van der Waals surface area contributed by atoms with Crippen molar-refractivity contribution in [2.45, 2.75) is 0 Å². The molecule has 0 saturated heterocycles. The van der Waals surface area contributed by atoms with Gasteiger partial charge in [-0.3, -0.25) is 19.7 Å². The number of aromatic carboxylic acids is 1. The van der Waals surface area contributed by atoms with Crippen LogP contribution in [-0.4, -0.2) is 26.9 Å². The summed E-state index contributed by atoms with van der Waals surface area (Å²) in [5.74, 6) is -1.99. The third-order valence-corrected chi connectivity index (χ3v) is 4.65. The lowest BCUT2D eigenvalue weighted by molar-refractivity contribution is -0.384. The first kappa shape index (κ1) is 17.1. The van der Waals surface area contributed by atoms with Crippen molar-refractivity contribution in [1.29, 1.82) is 0 Å². The zero-order valence-electron chi connectivity index (χ0n) is 12.8. The molecule has 5 N–H and O–H groups in total. The highest BCUT2D eigenvalue weighted by Gasteiger charge is 2.20. The fourth-order valence-corrected chi connectivity index (χ4v) is 3.25. The Morgan fingerprint density at radius 2 is 1.92 bits per heavy atom. The zero-order chi connectivity index (χ0) is 19.0. The van der Waals surface area contributed by atoms with Gasteiger partial charge in [-0.1, -0.05) is 0 Å². The molecule has 26 heavy (non-hydrogen) atoms. The molecule has 11 heteroatoms. The van der Waals surface area contributed by atoms with Crippen LogP contribution in [-0.2, 0) is 0 Å². The number of aromatic nitrogens is 1. The predicted octanol–water partition coefficient (Wildman–Crippen LogP) is 2.03. The number of fused-ring (bicyclic) bond motifs is 1. The van der Waals surface area contributed by atoms with E-state index in [1.165, 1.54) is 24.3 Å². The predicted molar refractivity (Wildman–Crippen MR) is 94.9 cm³/mol. The van der Waals surface area contributed by atoms with Crippen molar-refractivity contribution in [3.8, 4) is 0 Å². The Kier molecular flexibility index (Phi) is 4.14. The van der Waals surface area contributed by atoms with Crippen LogP contribution in [0.4, 0.5) is 17.1 Å². The standard InChI is InChI=1S/C15H10N4O6S/c16-10-8-5-9(15(22)23)12(20)18-14(8)26-11(10)13(21)17-6-1-3-7(4-2-6)19(24)25/h1-5H,16H2,(H,17,21)(H,18,20)(H,22,23). The number of carbonyl (C=O) groups is 2. The Labute approximate surface area is 148 Å². The normalized spacial score (nSPS) is 10.6. The molecule has 0 aliphatic heterocycles. The van der Waals surface area contributed by atoms with Gasteiger partial charge in [-0.15, -0.1) is 11.3 Å². The average Bonchev–Trinajstić information content (AvgIpc) is 2.90. The Morgan fingerprint density at radius 1 is 1.27 bits per heavy atom. The summed E-state index contributed by atoms with van der Waals surface area (Å²) < 4.78 is 0. The molecule has 0 atom stereocenters. The van der Waals surface area contributed by atoms with Crippen LogP contribution in [0.5, 0.6) is 0 Å². The van der Waals surface area contributed by atoms with Gasteiger partial charge in [0.15, 0.2) is 0 Å². The van der Waals surface area contributed by atoms with Crippen molar-refractivity contribution in [3.05, 3.63) is 61.2 Å². The number of rotatable bonds is 4.